The van der Waals surface area contributed by atoms with Crippen LogP contribution >= 0.6 is 15.9 Å². The molecule has 2 heterocycles. The van der Waals surface area contributed by atoms with Crippen molar-refractivity contribution in [2.75, 3.05) is 18.0 Å². The maximum atomic E-state index is 12.7. The number of hydrogen-bond donors (Lipinski definition) is 0. The highest BCUT2D eigenvalue weighted by molar-refractivity contribution is 9.10. The van der Waals surface area contributed by atoms with Gasteiger partial charge in [0.05, 0.1) is 23.2 Å². The van der Waals surface area contributed by atoms with Gasteiger partial charge in [0.1, 0.15) is 11.7 Å². The van der Waals surface area contributed by atoms with Crippen LogP contribution in [0.1, 0.15) is 40.2 Å². The fourth-order valence-corrected chi connectivity index (χ4v) is 4.15. The molecule has 148 valence electrons. The van der Waals surface area contributed by atoms with E-state index in [0.29, 0.717) is 18.7 Å². The third kappa shape index (κ3) is 4.07. The Hall–Kier alpha value is -2.33. The molecular weight excluding hydrogens is 420 g/mol. The molecule has 0 radical (unpaired) electrons. The van der Waals surface area contributed by atoms with Crippen molar-refractivity contribution in [3.05, 3.63) is 34.4 Å². The maximum Gasteiger partial charge on any atom is 0.410 e. The maximum absolute atomic E-state index is 12.7. The van der Waals surface area contributed by atoms with E-state index in [9.17, 15) is 10.1 Å². The van der Waals surface area contributed by atoms with Crippen molar-refractivity contribution in [2.24, 2.45) is 0 Å². The number of anilines is 1. The van der Waals surface area contributed by atoms with Crippen LogP contribution in [-0.2, 0) is 4.74 Å². The summed E-state index contributed by atoms with van der Waals surface area (Å²) in [6.07, 6.45) is 1.31. The van der Waals surface area contributed by atoms with E-state index in [-0.39, 0.29) is 18.2 Å². The van der Waals surface area contributed by atoms with E-state index >= 15 is 0 Å². The molecular formula is C21H25BrN4O2. The molecule has 1 aliphatic rings. The molecule has 1 aromatic heterocycles. The molecule has 0 saturated carbocycles. The summed E-state index contributed by atoms with van der Waals surface area (Å²) < 4.78 is 6.48. The van der Waals surface area contributed by atoms with E-state index in [1.807, 2.05) is 57.7 Å². The Kier molecular flexibility index (Phi) is 5.53. The number of carbonyl (C=O) groups excluding carboxylic acids is 1. The Morgan fingerprint density at radius 2 is 1.93 bits per heavy atom. The first kappa shape index (κ1) is 20.4. The molecule has 1 saturated heterocycles. The first-order valence-electron chi connectivity index (χ1n) is 9.35. The zero-order valence-corrected chi connectivity index (χ0v) is 18.4. The Bertz CT molecular complexity index is 936. The lowest BCUT2D eigenvalue weighted by Crippen LogP contribution is -2.59. The quantitative estimate of drug-likeness (QED) is 0.636. The molecule has 7 heteroatoms. The molecule has 1 amide bonds. The molecule has 6 nitrogen and oxygen atoms in total. The van der Waals surface area contributed by atoms with Gasteiger partial charge in [-0.3, -0.25) is 9.88 Å². The lowest BCUT2D eigenvalue weighted by Gasteiger charge is -2.45. The average Bonchev–Trinajstić information content (AvgIpc) is 2.59. The highest BCUT2D eigenvalue weighted by atomic mass is 79.9. The van der Waals surface area contributed by atoms with E-state index in [2.05, 4.69) is 31.9 Å². The molecule has 0 N–H and O–H groups in total. The third-order valence-electron chi connectivity index (χ3n) is 4.77. The highest BCUT2D eigenvalue weighted by Crippen LogP contribution is 2.34. The Balaban J connectivity index is 1.92. The zero-order chi connectivity index (χ0) is 20.6. The van der Waals surface area contributed by atoms with E-state index in [4.69, 9.17) is 4.74 Å². The fraction of sp³-hybridized carbons (Fsp3) is 0.476. The minimum absolute atomic E-state index is 0.00981. The van der Waals surface area contributed by atoms with Gasteiger partial charge in [-0.15, -0.1) is 0 Å². The number of hydrogen-bond acceptors (Lipinski definition) is 5. The number of ether oxygens (including phenoxy) is 1. The van der Waals surface area contributed by atoms with Gasteiger partial charge in [0, 0.05) is 34.8 Å². The number of halogens is 1. The van der Waals surface area contributed by atoms with Crippen LogP contribution in [0.15, 0.2) is 28.9 Å². The van der Waals surface area contributed by atoms with Gasteiger partial charge >= 0.3 is 6.09 Å². The fourth-order valence-electron chi connectivity index (χ4n) is 3.70. The van der Waals surface area contributed by atoms with Gasteiger partial charge in [0.15, 0.2) is 0 Å². The Morgan fingerprint density at radius 1 is 1.29 bits per heavy atom. The monoisotopic (exact) mass is 444 g/mol. The number of rotatable bonds is 1. The van der Waals surface area contributed by atoms with Crippen LogP contribution in [0, 0.1) is 11.3 Å². The molecule has 2 aromatic rings. The topological polar surface area (TPSA) is 69.5 Å². The number of piperazine rings is 1. The molecule has 1 aliphatic heterocycles. The van der Waals surface area contributed by atoms with Gasteiger partial charge in [0.25, 0.3) is 0 Å². The van der Waals surface area contributed by atoms with E-state index in [0.717, 1.165) is 21.1 Å². The summed E-state index contributed by atoms with van der Waals surface area (Å²) in [6.45, 7) is 11.1. The SMILES string of the molecule is C[C@@H]1CN(c2ccc(Br)c3ncc(C#N)cc23)C[C@H](C)N1C(=O)OC(C)(C)C. The summed E-state index contributed by atoms with van der Waals surface area (Å²) in [5, 5.41) is 10.2. The molecule has 3 rings (SSSR count). The molecule has 0 unspecified atom stereocenters. The van der Waals surface area contributed by atoms with Crippen molar-refractivity contribution in [3.63, 3.8) is 0 Å². The molecule has 28 heavy (non-hydrogen) atoms. The lowest BCUT2D eigenvalue weighted by molar-refractivity contribution is 0.00568. The number of fused-ring (bicyclic) bond motifs is 1. The molecule has 1 fully saturated rings. The summed E-state index contributed by atoms with van der Waals surface area (Å²) in [5.74, 6) is 0. The second-order valence-corrected chi connectivity index (χ2v) is 9.14. The van der Waals surface area contributed by atoms with Gasteiger partial charge in [0.2, 0.25) is 0 Å². The first-order chi connectivity index (χ1) is 13.1. The number of nitriles is 1. The van der Waals surface area contributed by atoms with Crippen LogP contribution in [0.4, 0.5) is 10.5 Å². The number of pyridine rings is 1. The van der Waals surface area contributed by atoms with Gasteiger partial charge < -0.3 is 9.64 Å². The van der Waals surface area contributed by atoms with Crippen molar-refractivity contribution in [1.82, 2.24) is 9.88 Å². The number of benzene rings is 1. The lowest BCUT2D eigenvalue weighted by atomic mass is 10.0. The summed E-state index contributed by atoms with van der Waals surface area (Å²) in [4.78, 5) is 21.2. The van der Waals surface area contributed by atoms with Gasteiger partial charge in [-0.1, -0.05) is 0 Å². The van der Waals surface area contributed by atoms with Crippen LogP contribution in [-0.4, -0.2) is 46.8 Å². The summed E-state index contributed by atoms with van der Waals surface area (Å²) in [6, 6.07) is 8.04. The number of aromatic nitrogens is 1. The largest absolute Gasteiger partial charge is 0.444 e. The summed E-state index contributed by atoms with van der Waals surface area (Å²) in [5.41, 5.74) is 1.85. The minimum Gasteiger partial charge on any atom is -0.444 e. The first-order valence-corrected chi connectivity index (χ1v) is 10.1. The number of nitrogens with zero attached hydrogens (tertiary/aromatic N) is 4. The smallest absolute Gasteiger partial charge is 0.410 e. The van der Waals surface area contributed by atoms with Crippen molar-refractivity contribution in [3.8, 4) is 6.07 Å². The standard InChI is InChI=1S/C21H25BrN4O2/c1-13-11-25(12-14(2)26(13)20(27)28-21(3,4)5)18-7-6-17(22)19-16(18)8-15(9-23)10-24-19/h6-8,10,13-14H,11-12H2,1-5H3/t13-,14+. The van der Waals surface area contributed by atoms with E-state index in [1.54, 1.807) is 6.20 Å². The van der Waals surface area contributed by atoms with Crippen molar-refractivity contribution >= 4 is 38.6 Å². The van der Waals surface area contributed by atoms with Gasteiger partial charge in [-0.05, 0) is 68.7 Å². The second kappa shape index (κ2) is 7.59. The van der Waals surface area contributed by atoms with Crippen LogP contribution < -0.4 is 4.90 Å². The van der Waals surface area contributed by atoms with E-state index in [1.165, 1.54) is 0 Å². The average molecular weight is 445 g/mol. The van der Waals surface area contributed by atoms with Crippen molar-refractivity contribution < 1.29 is 9.53 Å². The van der Waals surface area contributed by atoms with Crippen molar-refractivity contribution in [1.29, 1.82) is 5.26 Å². The third-order valence-corrected chi connectivity index (χ3v) is 5.41. The van der Waals surface area contributed by atoms with Crippen LogP contribution in [0.25, 0.3) is 10.9 Å². The molecule has 0 aliphatic carbocycles. The Morgan fingerprint density at radius 3 is 2.50 bits per heavy atom. The van der Waals surface area contributed by atoms with Crippen molar-refractivity contribution in [2.45, 2.75) is 52.3 Å². The zero-order valence-electron chi connectivity index (χ0n) is 16.9. The normalized spacial score (nSPS) is 20.2. The summed E-state index contributed by atoms with van der Waals surface area (Å²) in [7, 11) is 0. The Labute approximate surface area is 174 Å². The summed E-state index contributed by atoms with van der Waals surface area (Å²) >= 11 is 3.55. The van der Waals surface area contributed by atoms with Gasteiger partial charge in [-0.25, -0.2) is 4.79 Å². The molecule has 0 bridgehead atoms. The molecule has 1 aromatic carbocycles. The number of amides is 1. The van der Waals surface area contributed by atoms with Crippen LogP contribution in [0.3, 0.4) is 0 Å². The minimum atomic E-state index is -0.519. The van der Waals surface area contributed by atoms with Gasteiger partial charge in [-0.2, -0.15) is 5.26 Å². The van der Waals surface area contributed by atoms with Crippen LogP contribution in [0.2, 0.25) is 0 Å². The van der Waals surface area contributed by atoms with E-state index < -0.39 is 5.60 Å². The molecule has 2 atom stereocenters. The van der Waals surface area contributed by atoms with Crippen LogP contribution in [0.5, 0.6) is 0 Å². The molecule has 0 spiro atoms. The predicted molar refractivity (Wildman–Crippen MR) is 113 cm³/mol. The number of carbonyl (C=O) groups is 1. The predicted octanol–water partition coefficient (Wildman–Crippen LogP) is 4.70. The second-order valence-electron chi connectivity index (χ2n) is 8.29. The highest BCUT2D eigenvalue weighted by Gasteiger charge is 2.36.